The summed E-state index contributed by atoms with van der Waals surface area (Å²) in [6.45, 7) is 7.16. The fourth-order valence-corrected chi connectivity index (χ4v) is 5.03. The number of piperidine rings is 2. The molecule has 0 spiro atoms. The molecule has 2 aliphatic heterocycles. The average Bonchev–Trinajstić information content (AvgIpc) is 2.80. The van der Waals surface area contributed by atoms with Crippen molar-refractivity contribution in [3.8, 4) is 0 Å². The van der Waals surface area contributed by atoms with Crippen molar-refractivity contribution in [3.05, 3.63) is 66.0 Å². The molecule has 160 valence electrons. The van der Waals surface area contributed by atoms with E-state index in [1.165, 1.54) is 12.0 Å². The van der Waals surface area contributed by atoms with Crippen LogP contribution in [-0.2, 0) is 17.6 Å². The Bertz CT molecular complexity index is 800. The van der Waals surface area contributed by atoms with E-state index in [1.54, 1.807) is 0 Å². The number of carbonyl (C=O) groups is 1. The smallest absolute Gasteiger partial charge is 0.228 e. The highest BCUT2D eigenvalue weighted by Gasteiger charge is 2.40. The van der Waals surface area contributed by atoms with Crippen molar-refractivity contribution in [1.29, 1.82) is 0 Å². The Morgan fingerprint density at radius 1 is 1.07 bits per heavy atom. The van der Waals surface area contributed by atoms with Crippen molar-refractivity contribution < 1.29 is 4.79 Å². The van der Waals surface area contributed by atoms with Crippen LogP contribution in [0.2, 0.25) is 0 Å². The zero-order valence-corrected chi connectivity index (χ0v) is 18.3. The number of benzene rings is 1. The molecule has 0 bridgehead atoms. The van der Waals surface area contributed by atoms with Gasteiger partial charge in [-0.2, -0.15) is 0 Å². The van der Waals surface area contributed by atoms with Gasteiger partial charge in [0, 0.05) is 36.9 Å². The van der Waals surface area contributed by atoms with E-state index in [1.807, 2.05) is 12.3 Å². The molecule has 1 aromatic carbocycles. The first-order valence-corrected chi connectivity index (χ1v) is 11.6. The molecule has 0 saturated carbocycles. The lowest BCUT2D eigenvalue weighted by Crippen LogP contribution is -2.51. The summed E-state index contributed by atoms with van der Waals surface area (Å²) in [5.74, 6) is 0.920. The molecule has 30 heavy (non-hydrogen) atoms. The number of hydrogen-bond acceptors (Lipinski definition) is 3. The third-order valence-corrected chi connectivity index (χ3v) is 7.07. The van der Waals surface area contributed by atoms with Gasteiger partial charge in [0.25, 0.3) is 0 Å². The SMILES string of the molecule is CC1(C(=O)N2CCCC(Cc3ccccn3)C2)CCN(CCc2ccccc2)CC1. The minimum atomic E-state index is -0.198. The zero-order chi connectivity index (χ0) is 20.8. The third kappa shape index (κ3) is 5.28. The van der Waals surface area contributed by atoms with Gasteiger partial charge in [0.2, 0.25) is 5.91 Å². The van der Waals surface area contributed by atoms with Gasteiger partial charge in [-0.05, 0) is 75.2 Å². The van der Waals surface area contributed by atoms with Gasteiger partial charge < -0.3 is 9.80 Å². The highest BCUT2D eigenvalue weighted by Crippen LogP contribution is 2.35. The summed E-state index contributed by atoms with van der Waals surface area (Å²) in [7, 11) is 0. The van der Waals surface area contributed by atoms with Crippen molar-refractivity contribution in [1.82, 2.24) is 14.8 Å². The predicted octanol–water partition coefficient (Wildman–Crippen LogP) is 4.21. The first kappa shape index (κ1) is 21.0. The maximum atomic E-state index is 13.5. The van der Waals surface area contributed by atoms with Crippen molar-refractivity contribution in [2.75, 3.05) is 32.7 Å². The molecule has 0 radical (unpaired) electrons. The summed E-state index contributed by atoms with van der Waals surface area (Å²) in [5.41, 5.74) is 2.35. The minimum absolute atomic E-state index is 0.198. The highest BCUT2D eigenvalue weighted by molar-refractivity contribution is 5.82. The standard InChI is InChI=1S/C26H35N3O/c1-26(13-18-28(19-14-26)17-12-22-8-3-2-4-9-22)25(30)29-16-7-10-23(21-29)20-24-11-5-6-15-27-24/h2-6,8-9,11,15,23H,7,10,12-14,16-21H2,1H3. The molecule has 4 nitrogen and oxygen atoms in total. The van der Waals surface area contributed by atoms with Gasteiger partial charge in [-0.1, -0.05) is 43.3 Å². The molecule has 4 rings (SSSR count). The topological polar surface area (TPSA) is 36.4 Å². The maximum Gasteiger partial charge on any atom is 0.228 e. The Kier molecular flexibility index (Phi) is 6.83. The number of amides is 1. The quantitative estimate of drug-likeness (QED) is 0.722. The van der Waals surface area contributed by atoms with Gasteiger partial charge in [-0.15, -0.1) is 0 Å². The van der Waals surface area contributed by atoms with Crippen LogP contribution in [0.25, 0.3) is 0 Å². The van der Waals surface area contributed by atoms with Crippen molar-refractivity contribution in [2.24, 2.45) is 11.3 Å². The van der Waals surface area contributed by atoms with Gasteiger partial charge >= 0.3 is 0 Å². The summed E-state index contributed by atoms with van der Waals surface area (Å²) in [6, 6.07) is 16.8. The van der Waals surface area contributed by atoms with E-state index in [0.717, 1.165) is 70.5 Å². The summed E-state index contributed by atoms with van der Waals surface area (Å²) in [6.07, 6.45) is 8.20. The predicted molar refractivity (Wildman–Crippen MR) is 121 cm³/mol. The number of rotatable bonds is 6. The Labute approximate surface area is 181 Å². The molecule has 1 atom stereocenters. The zero-order valence-electron chi connectivity index (χ0n) is 18.3. The number of carbonyl (C=O) groups excluding carboxylic acids is 1. The molecule has 2 aromatic rings. The Balaban J connectivity index is 1.27. The van der Waals surface area contributed by atoms with Crippen LogP contribution in [0, 0.1) is 11.3 Å². The van der Waals surface area contributed by atoms with Crippen LogP contribution in [-0.4, -0.2) is 53.4 Å². The monoisotopic (exact) mass is 405 g/mol. The lowest BCUT2D eigenvalue weighted by atomic mass is 9.78. The van der Waals surface area contributed by atoms with E-state index in [-0.39, 0.29) is 5.41 Å². The van der Waals surface area contributed by atoms with Crippen LogP contribution in [0.3, 0.4) is 0 Å². The summed E-state index contributed by atoms with van der Waals surface area (Å²) in [4.78, 5) is 22.6. The molecule has 1 amide bonds. The molecule has 2 saturated heterocycles. The molecule has 3 heterocycles. The molecule has 4 heteroatoms. The fraction of sp³-hybridized carbons (Fsp3) is 0.538. The minimum Gasteiger partial charge on any atom is -0.342 e. The molecule has 2 fully saturated rings. The van der Waals surface area contributed by atoms with Gasteiger partial charge in [-0.25, -0.2) is 0 Å². The number of pyridine rings is 1. The summed E-state index contributed by atoms with van der Waals surface area (Å²) >= 11 is 0. The van der Waals surface area contributed by atoms with Crippen molar-refractivity contribution in [2.45, 2.75) is 45.4 Å². The maximum absolute atomic E-state index is 13.5. The summed E-state index contributed by atoms with van der Waals surface area (Å²) < 4.78 is 0. The second-order valence-corrected chi connectivity index (χ2v) is 9.42. The van der Waals surface area contributed by atoms with E-state index >= 15 is 0 Å². The third-order valence-electron chi connectivity index (χ3n) is 7.07. The molecule has 1 unspecified atom stereocenters. The molecule has 0 aliphatic carbocycles. The van der Waals surface area contributed by atoms with Crippen LogP contribution in [0.5, 0.6) is 0 Å². The molecule has 2 aliphatic rings. The van der Waals surface area contributed by atoms with Crippen LogP contribution in [0.4, 0.5) is 0 Å². The first-order valence-electron chi connectivity index (χ1n) is 11.6. The van der Waals surface area contributed by atoms with Crippen LogP contribution in [0.15, 0.2) is 54.7 Å². The lowest BCUT2D eigenvalue weighted by Gasteiger charge is -2.43. The fourth-order valence-electron chi connectivity index (χ4n) is 5.03. The summed E-state index contributed by atoms with van der Waals surface area (Å²) in [5, 5.41) is 0. The Morgan fingerprint density at radius 2 is 1.83 bits per heavy atom. The number of aromatic nitrogens is 1. The van der Waals surface area contributed by atoms with Crippen LogP contribution >= 0.6 is 0 Å². The molecule has 0 N–H and O–H groups in total. The number of likely N-dealkylation sites (tertiary alicyclic amines) is 2. The first-order chi connectivity index (χ1) is 14.6. The van der Waals surface area contributed by atoms with E-state index in [2.05, 4.69) is 64.2 Å². The van der Waals surface area contributed by atoms with Gasteiger partial charge in [0.05, 0.1) is 0 Å². The van der Waals surface area contributed by atoms with Gasteiger partial charge in [-0.3, -0.25) is 9.78 Å². The second kappa shape index (κ2) is 9.74. The van der Waals surface area contributed by atoms with Crippen LogP contribution in [0.1, 0.15) is 43.9 Å². The lowest BCUT2D eigenvalue weighted by molar-refractivity contribution is -0.146. The second-order valence-electron chi connectivity index (χ2n) is 9.42. The van der Waals surface area contributed by atoms with Crippen LogP contribution < -0.4 is 0 Å². The van der Waals surface area contributed by atoms with Gasteiger partial charge in [0.1, 0.15) is 0 Å². The Hall–Kier alpha value is -2.20. The molecule has 1 aromatic heterocycles. The molecular weight excluding hydrogens is 370 g/mol. The number of hydrogen-bond donors (Lipinski definition) is 0. The van der Waals surface area contributed by atoms with E-state index in [4.69, 9.17) is 0 Å². The van der Waals surface area contributed by atoms with Gasteiger partial charge in [0.15, 0.2) is 0 Å². The average molecular weight is 406 g/mol. The molecular formula is C26H35N3O. The van der Waals surface area contributed by atoms with E-state index in [0.29, 0.717) is 11.8 Å². The van der Waals surface area contributed by atoms with Crippen molar-refractivity contribution >= 4 is 5.91 Å². The normalized spacial score (nSPS) is 22.0. The van der Waals surface area contributed by atoms with E-state index in [9.17, 15) is 4.79 Å². The van der Waals surface area contributed by atoms with E-state index < -0.39 is 0 Å². The Morgan fingerprint density at radius 3 is 2.57 bits per heavy atom. The highest BCUT2D eigenvalue weighted by atomic mass is 16.2. The number of nitrogens with zero attached hydrogens (tertiary/aromatic N) is 3. The largest absolute Gasteiger partial charge is 0.342 e. The van der Waals surface area contributed by atoms with Crippen molar-refractivity contribution in [3.63, 3.8) is 0 Å².